The number of thiazole rings is 1. The van der Waals surface area contributed by atoms with Gasteiger partial charge in [-0.15, -0.1) is 11.3 Å². The Morgan fingerprint density at radius 2 is 2.10 bits per heavy atom. The lowest BCUT2D eigenvalue weighted by atomic mass is 10.2. The Labute approximate surface area is 122 Å². The van der Waals surface area contributed by atoms with E-state index in [0.29, 0.717) is 13.0 Å². The van der Waals surface area contributed by atoms with Crippen molar-refractivity contribution in [2.24, 2.45) is 0 Å². The van der Waals surface area contributed by atoms with Crippen LogP contribution in [-0.4, -0.2) is 34.9 Å². The number of rotatable bonds is 6. The van der Waals surface area contributed by atoms with Crippen molar-refractivity contribution in [3.8, 4) is 0 Å². The van der Waals surface area contributed by atoms with Gasteiger partial charge in [0.15, 0.2) is 0 Å². The lowest BCUT2D eigenvalue weighted by Crippen LogP contribution is -2.24. The largest absolute Gasteiger partial charge is 0.352 e. The summed E-state index contributed by atoms with van der Waals surface area (Å²) in [5.74, 6) is -0.0106. The fourth-order valence-corrected chi connectivity index (χ4v) is 2.61. The molecule has 0 fully saturated rings. The van der Waals surface area contributed by atoms with Crippen LogP contribution in [0.5, 0.6) is 0 Å². The number of pyridine rings is 1. The van der Waals surface area contributed by atoms with Crippen molar-refractivity contribution < 1.29 is 4.79 Å². The molecule has 1 amide bonds. The minimum absolute atomic E-state index is 0.0106. The number of hydrogen-bond acceptors (Lipinski definition) is 5. The van der Waals surface area contributed by atoms with E-state index in [1.807, 2.05) is 31.6 Å². The van der Waals surface area contributed by atoms with Crippen LogP contribution >= 0.6 is 11.3 Å². The van der Waals surface area contributed by atoms with Crippen LogP contribution in [0, 0.1) is 0 Å². The molecule has 0 saturated heterocycles. The second-order valence-corrected chi connectivity index (χ2v) is 5.72. The maximum Gasteiger partial charge on any atom is 0.226 e. The van der Waals surface area contributed by atoms with Gasteiger partial charge < -0.3 is 10.2 Å². The summed E-state index contributed by atoms with van der Waals surface area (Å²) in [5.41, 5.74) is 1.87. The van der Waals surface area contributed by atoms with Gasteiger partial charge in [-0.2, -0.15) is 0 Å². The van der Waals surface area contributed by atoms with E-state index in [2.05, 4.69) is 20.2 Å². The Hall–Kier alpha value is -1.79. The van der Waals surface area contributed by atoms with Crippen molar-refractivity contribution in [2.45, 2.75) is 19.5 Å². The molecule has 0 aliphatic rings. The fourth-order valence-electron chi connectivity index (χ4n) is 1.70. The second kappa shape index (κ2) is 7.12. The summed E-state index contributed by atoms with van der Waals surface area (Å²) in [4.78, 5) is 22.3. The summed E-state index contributed by atoms with van der Waals surface area (Å²) in [6, 6.07) is 3.77. The lowest BCUT2D eigenvalue weighted by Gasteiger charge is -2.05. The Kier molecular flexibility index (Phi) is 5.20. The molecule has 20 heavy (non-hydrogen) atoms. The molecular weight excluding hydrogens is 272 g/mol. The van der Waals surface area contributed by atoms with Crippen LogP contribution in [0.1, 0.15) is 16.3 Å². The van der Waals surface area contributed by atoms with E-state index in [0.717, 1.165) is 22.8 Å². The van der Waals surface area contributed by atoms with E-state index >= 15 is 0 Å². The molecule has 5 nitrogen and oxygen atoms in total. The molecular formula is C14H18N4OS. The zero-order valence-corrected chi connectivity index (χ0v) is 12.5. The van der Waals surface area contributed by atoms with Gasteiger partial charge in [-0.3, -0.25) is 9.78 Å². The highest BCUT2D eigenvalue weighted by molar-refractivity contribution is 7.09. The van der Waals surface area contributed by atoms with Crippen LogP contribution < -0.4 is 5.32 Å². The molecule has 0 aromatic carbocycles. The van der Waals surface area contributed by atoms with Gasteiger partial charge in [0, 0.05) is 30.9 Å². The summed E-state index contributed by atoms with van der Waals surface area (Å²) in [7, 11) is 4.00. The average molecular weight is 290 g/mol. The van der Waals surface area contributed by atoms with Crippen LogP contribution in [0.3, 0.4) is 0 Å². The highest BCUT2D eigenvalue weighted by Crippen LogP contribution is 2.11. The van der Waals surface area contributed by atoms with Crippen LogP contribution in [0.4, 0.5) is 0 Å². The molecule has 6 heteroatoms. The number of carbonyl (C=O) groups is 1. The Balaban J connectivity index is 1.81. The zero-order chi connectivity index (χ0) is 14.4. The third-order valence-electron chi connectivity index (χ3n) is 2.63. The first-order chi connectivity index (χ1) is 9.63. The maximum atomic E-state index is 11.8. The van der Waals surface area contributed by atoms with Gasteiger partial charge in [-0.25, -0.2) is 4.98 Å². The van der Waals surface area contributed by atoms with Crippen molar-refractivity contribution >= 4 is 17.2 Å². The first kappa shape index (κ1) is 14.6. The number of nitrogens with one attached hydrogen (secondary N) is 1. The number of amides is 1. The van der Waals surface area contributed by atoms with Crippen molar-refractivity contribution in [3.05, 3.63) is 46.2 Å². The van der Waals surface area contributed by atoms with Crippen LogP contribution in [0.15, 0.2) is 29.9 Å². The van der Waals surface area contributed by atoms with Crippen LogP contribution in [-0.2, 0) is 24.3 Å². The number of nitrogens with zero attached hydrogens (tertiary/aromatic N) is 3. The normalized spacial score (nSPS) is 10.8. The first-order valence-corrected chi connectivity index (χ1v) is 7.25. The van der Waals surface area contributed by atoms with E-state index in [4.69, 9.17) is 0 Å². The van der Waals surface area contributed by atoms with Crippen molar-refractivity contribution in [3.63, 3.8) is 0 Å². The molecule has 106 valence electrons. The van der Waals surface area contributed by atoms with E-state index in [1.54, 1.807) is 23.7 Å². The molecule has 0 atom stereocenters. The monoisotopic (exact) mass is 290 g/mol. The summed E-state index contributed by atoms with van der Waals surface area (Å²) in [6.07, 6.45) is 3.76. The minimum Gasteiger partial charge on any atom is -0.352 e. The Bertz CT molecular complexity index is 553. The van der Waals surface area contributed by atoms with Gasteiger partial charge >= 0.3 is 0 Å². The number of carbonyl (C=O) groups excluding carboxylic acids is 1. The van der Waals surface area contributed by atoms with E-state index < -0.39 is 0 Å². The Morgan fingerprint density at radius 3 is 2.80 bits per heavy atom. The van der Waals surface area contributed by atoms with Crippen molar-refractivity contribution in [2.75, 3.05) is 14.1 Å². The van der Waals surface area contributed by atoms with Gasteiger partial charge in [0.05, 0.1) is 12.1 Å². The maximum absolute atomic E-state index is 11.8. The molecule has 0 radical (unpaired) electrons. The molecule has 0 aliphatic carbocycles. The average Bonchev–Trinajstić information content (AvgIpc) is 2.84. The molecule has 1 N–H and O–H groups in total. The van der Waals surface area contributed by atoms with Crippen LogP contribution in [0.25, 0.3) is 0 Å². The third-order valence-corrected chi connectivity index (χ3v) is 3.51. The molecule has 0 aliphatic heterocycles. The summed E-state index contributed by atoms with van der Waals surface area (Å²) in [5, 5.41) is 5.87. The molecule has 2 heterocycles. The molecule has 2 aromatic heterocycles. The standard InChI is InChI=1S/C14H18N4OS/c1-18(2)9-14-17-12(10-20-14)7-13(19)16-8-11-3-5-15-6-4-11/h3-6,10H,7-9H2,1-2H3,(H,16,19). The zero-order valence-electron chi connectivity index (χ0n) is 11.7. The number of hydrogen-bond donors (Lipinski definition) is 1. The predicted octanol–water partition coefficient (Wildman–Crippen LogP) is 1.46. The van der Waals surface area contributed by atoms with Gasteiger partial charge in [0.25, 0.3) is 0 Å². The molecule has 2 aromatic rings. The summed E-state index contributed by atoms with van der Waals surface area (Å²) < 4.78 is 0. The first-order valence-electron chi connectivity index (χ1n) is 6.37. The molecule has 2 rings (SSSR count). The molecule has 0 spiro atoms. The summed E-state index contributed by atoms with van der Waals surface area (Å²) >= 11 is 1.59. The van der Waals surface area contributed by atoms with Crippen molar-refractivity contribution in [1.82, 2.24) is 20.2 Å². The van der Waals surface area contributed by atoms with E-state index in [-0.39, 0.29) is 5.91 Å². The predicted molar refractivity (Wildman–Crippen MR) is 79.3 cm³/mol. The van der Waals surface area contributed by atoms with Gasteiger partial charge in [-0.05, 0) is 31.8 Å². The van der Waals surface area contributed by atoms with Gasteiger partial charge in [-0.1, -0.05) is 0 Å². The summed E-state index contributed by atoms with van der Waals surface area (Å²) in [6.45, 7) is 1.33. The van der Waals surface area contributed by atoms with Gasteiger partial charge in [0.2, 0.25) is 5.91 Å². The third kappa shape index (κ3) is 4.71. The highest BCUT2D eigenvalue weighted by Gasteiger charge is 2.08. The second-order valence-electron chi connectivity index (χ2n) is 4.78. The topological polar surface area (TPSA) is 58.1 Å². The lowest BCUT2D eigenvalue weighted by molar-refractivity contribution is -0.120. The van der Waals surface area contributed by atoms with E-state index in [9.17, 15) is 4.79 Å². The fraction of sp³-hybridized carbons (Fsp3) is 0.357. The van der Waals surface area contributed by atoms with Gasteiger partial charge in [0.1, 0.15) is 5.01 Å². The highest BCUT2D eigenvalue weighted by atomic mass is 32.1. The van der Waals surface area contributed by atoms with Crippen molar-refractivity contribution in [1.29, 1.82) is 0 Å². The number of aromatic nitrogens is 2. The molecule has 0 unspecified atom stereocenters. The smallest absolute Gasteiger partial charge is 0.226 e. The molecule has 0 bridgehead atoms. The SMILES string of the molecule is CN(C)Cc1nc(CC(=O)NCc2ccncc2)cs1. The minimum atomic E-state index is -0.0106. The Morgan fingerprint density at radius 1 is 1.35 bits per heavy atom. The molecule has 0 saturated carbocycles. The quantitative estimate of drug-likeness (QED) is 0.875. The van der Waals surface area contributed by atoms with Crippen LogP contribution in [0.2, 0.25) is 0 Å². The van der Waals surface area contributed by atoms with E-state index in [1.165, 1.54) is 0 Å².